The highest BCUT2D eigenvalue weighted by molar-refractivity contribution is 7.14. The van der Waals surface area contributed by atoms with Crippen LogP contribution >= 0.6 is 11.3 Å². The molecule has 0 saturated carbocycles. The second-order valence-electron chi connectivity index (χ2n) is 5.73. The third-order valence-corrected chi connectivity index (χ3v) is 4.76. The highest BCUT2D eigenvalue weighted by Gasteiger charge is 2.29. The number of nitrogens with zero attached hydrogens (tertiary/aromatic N) is 2. The molecule has 2 aromatic rings. The lowest BCUT2D eigenvalue weighted by atomic mass is 10.1. The number of aromatic nitrogens is 1. The quantitative estimate of drug-likeness (QED) is 0.938. The molecule has 0 aliphatic carbocycles. The van der Waals surface area contributed by atoms with Crippen LogP contribution < -0.4 is 10.2 Å². The largest absolute Gasteiger partial charge is 0.309 e. The third-order valence-electron chi connectivity index (χ3n) is 4.00. The first-order chi connectivity index (χ1) is 11.0. The van der Waals surface area contributed by atoms with Crippen molar-refractivity contribution < 1.29 is 9.59 Å². The van der Waals surface area contributed by atoms with Crippen LogP contribution in [0.25, 0.3) is 11.3 Å². The van der Waals surface area contributed by atoms with Gasteiger partial charge < -0.3 is 10.2 Å². The van der Waals surface area contributed by atoms with Gasteiger partial charge in [0.15, 0.2) is 5.13 Å². The van der Waals surface area contributed by atoms with Crippen LogP contribution in [0.1, 0.15) is 32.8 Å². The smallest absolute Gasteiger partial charge is 0.225 e. The van der Waals surface area contributed by atoms with Gasteiger partial charge in [-0.3, -0.25) is 9.59 Å². The van der Waals surface area contributed by atoms with E-state index in [-0.39, 0.29) is 17.9 Å². The van der Waals surface area contributed by atoms with Crippen molar-refractivity contribution in [1.29, 1.82) is 0 Å². The van der Waals surface area contributed by atoms with Crippen molar-refractivity contribution in [2.75, 3.05) is 10.2 Å². The Morgan fingerprint density at radius 1 is 1.43 bits per heavy atom. The summed E-state index contributed by atoms with van der Waals surface area (Å²) in [6.07, 6.45) is 1.29. The van der Waals surface area contributed by atoms with Crippen molar-refractivity contribution in [3.05, 3.63) is 29.1 Å². The Morgan fingerprint density at radius 3 is 2.91 bits per heavy atom. The number of fused-ring (bicyclic) bond motifs is 1. The number of amides is 2. The van der Waals surface area contributed by atoms with E-state index in [1.54, 1.807) is 6.92 Å². The van der Waals surface area contributed by atoms with Gasteiger partial charge in [-0.05, 0) is 31.0 Å². The number of anilines is 2. The summed E-state index contributed by atoms with van der Waals surface area (Å²) in [7, 11) is 0. The van der Waals surface area contributed by atoms with E-state index in [4.69, 9.17) is 0 Å². The summed E-state index contributed by atoms with van der Waals surface area (Å²) in [5.74, 6) is 0.0352. The Bertz CT molecular complexity index is 769. The van der Waals surface area contributed by atoms with Crippen LogP contribution in [0.5, 0.6) is 0 Å². The zero-order valence-corrected chi connectivity index (χ0v) is 14.2. The lowest BCUT2D eigenvalue weighted by Crippen LogP contribution is -2.33. The fourth-order valence-corrected chi connectivity index (χ4v) is 3.68. The van der Waals surface area contributed by atoms with Crippen LogP contribution in [-0.2, 0) is 16.0 Å². The van der Waals surface area contributed by atoms with Crippen molar-refractivity contribution in [3.63, 3.8) is 0 Å². The average molecular weight is 329 g/mol. The molecule has 1 N–H and O–H groups in total. The van der Waals surface area contributed by atoms with E-state index in [9.17, 15) is 9.59 Å². The predicted molar refractivity (Wildman–Crippen MR) is 92.8 cm³/mol. The monoisotopic (exact) mass is 329 g/mol. The minimum atomic E-state index is -0.0363. The van der Waals surface area contributed by atoms with Gasteiger partial charge in [0, 0.05) is 36.0 Å². The molecule has 0 unspecified atom stereocenters. The van der Waals surface area contributed by atoms with Crippen LogP contribution in [0, 0.1) is 0 Å². The number of thiazole rings is 1. The fraction of sp³-hybridized carbons (Fsp3) is 0.353. The second kappa shape index (κ2) is 6.12. The van der Waals surface area contributed by atoms with E-state index in [1.165, 1.54) is 11.3 Å². The van der Waals surface area contributed by atoms with Gasteiger partial charge in [0.1, 0.15) is 0 Å². The number of hydrogen-bond acceptors (Lipinski definition) is 4. The molecular formula is C17H19N3O2S. The molecule has 2 heterocycles. The van der Waals surface area contributed by atoms with Crippen molar-refractivity contribution in [2.24, 2.45) is 0 Å². The summed E-state index contributed by atoms with van der Waals surface area (Å²) in [6, 6.07) is 6.24. The second-order valence-corrected chi connectivity index (χ2v) is 6.58. The summed E-state index contributed by atoms with van der Waals surface area (Å²) in [5.41, 5.74) is 4.01. The Labute approximate surface area is 139 Å². The Morgan fingerprint density at radius 2 is 2.22 bits per heavy atom. The minimum Gasteiger partial charge on any atom is -0.309 e. The fourth-order valence-electron chi connectivity index (χ4n) is 2.94. The maximum absolute atomic E-state index is 11.8. The number of carbonyl (C=O) groups is 2. The molecule has 1 atom stereocenters. The van der Waals surface area contributed by atoms with Crippen molar-refractivity contribution >= 4 is 34.0 Å². The molecule has 120 valence electrons. The first-order valence-electron chi connectivity index (χ1n) is 7.68. The van der Waals surface area contributed by atoms with Gasteiger partial charge in [-0.15, -0.1) is 11.3 Å². The third kappa shape index (κ3) is 2.99. The first-order valence-corrected chi connectivity index (χ1v) is 8.56. The normalized spacial score (nSPS) is 16.3. The number of rotatable bonds is 3. The molecule has 0 fully saturated rings. The van der Waals surface area contributed by atoms with Crippen molar-refractivity contribution in [2.45, 2.75) is 39.7 Å². The van der Waals surface area contributed by atoms with E-state index < -0.39 is 0 Å². The highest BCUT2D eigenvalue weighted by Crippen LogP contribution is 2.36. The summed E-state index contributed by atoms with van der Waals surface area (Å²) >= 11 is 1.42. The van der Waals surface area contributed by atoms with Crippen LogP contribution in [0.2, 0.25) is 0 Å². The van der Waals surface area contributed by atoms with Crippen molar-refractivity contribution in [1.82, 2.24) is 4.98 Å². The maximum atomic E-state index is 11.8. The average Bonchev–Trinajstić information content (AvgIpc) is 3.09. The number of carbonyl (C=O) groups excluding carboxylic acids is 2. The lowest BCUT2D eigenvalue weighted by Gasteiger charge is -2.20. The SMILES string of the molecule is CCC(=O)Nc1nc(-c2ccc3c(c2)C[C@H](C)N3C(C)=O)cs1. The van der Waals surface area contributed by atoms with Crippen LogP contribution in [0.3, 0.4) is 0 Å². The summed E-state index contributed by atoms with van der Waals surface area (Å²) in [5, 5.41) is 5.33. The summed E-state index contributed by atoms with van der Waals surface area (Å²) < 4.78 is 0. The Balaban J connectivity index is 1.87. The zero-order chi connectivity index (χ0) is 16.6. The van der Waals surface area contributed by atoms with Gasteiger partial charge in [0.05, 0.1) is 5.69 Å². The van der Waals surface area contributed by atoms with E-state index in [0.29, 0.717) is 11.6 Å². The Hall–Kier alpha value is -2.21. The molecule has 1 aliphatic heterocycles. The van der Waals surface area contributed by atoms with Crippen molar-refractivity contribution in [3.8, 4) is 11.3 Å². The molecule has 23 heavy (non-hydrogen) atoms. The highest BCUT2D eigenvalue weighted by atomic mass is 32.1. The Kier molecular flexibility index (Phi) is 4.17. The zero-order valence-electron chi connectivity index (χ0n) is 13.4. The van der Waals surface area contributed by atoms with E-state index in [1.807, 2.05) is 29.3 Å². The molecule has 1 aromatic carbocycles. The molecule has 5 nitrogen and oxygen atoms in total. The summed E-state index contributed by atoms with van der Waals surface area (Å²) in [4.78, 5) is 29.5. The number of hydrogen-bond donors (Lipinski definition) is 1. The predicted octanol–water partition coefficient (Wildman–Crippen LogP) is 3.46. The molecule has 0 spiro atoms. The molecule has 1 aromatic heterocycles. The van der Waals surface area contributed by atoms with Crippen LogP contribution in [0.4, 0.5) is 10.8 Å². The van der Waals surface area contributed by atoms with Gasteiger partial charge in [0.25, 0.3) is 0 Å². The molecule has 6 heteroatoms. The number of nitrogens with one attached hydrogen (secondary N) is 1. The van der Waals surface area contributed by atoms with E-state index >= 15 is 0 Å². The first kappa shape index (κ1) is 15.7. The standard InChI is InChI=1S/C17H19N3O2S/c1-4-16(22)19-17-18-14(9-23-17)12-5-6-15-13(8-12)7-10(2)20(15)11(3)21/h5-6,8-10H,4,7H2,1-3H3,(H,18,19,22)/t10-/m0/s1. The van der Waals surface area contributed by atoms with E-state index in [0.717, 1.165) is 28.9 Å². The van der Waals surface area contributed by atoms with Gasteiger partial charge in [0.2, 0.25) is 11.8 Å². The molecule has 0 saturated heterocycles. The molecule has 0 radical (unpaired) electrons. The molecule has 2 amide bonds. The van der Waals surface area contributed by atoms with Gasteiger partial charge >= 0.3 is 0 Å². The molecule has 1 aliphatic rings. The molecular weight excluding hydrogens is 310 g/mol. The van der Waals surface area contributed by atoms with Gasteiger partial charge in [-0.25, -0.2) is 4.98 Å². The van der Waals surface area contributed by atoms with Gasteiger partial charge in [-0.2, -0.15) is 0 Å². The maximum Gasteiger partial charge on any atom is 0.225 e. The van der Waals surface area contributed by atoms with E-state index in [2.05, 4.69) is 23.3 Å². The number of benzene rings is 1. The van der Waals surface area contributed by atoms with Gasteiger partial charge in [-0.1, -0.05) is 13.0 Å². The minimum absolute atomic E-state index is 0.0363. The lowest BCUT2D eigenvalue weighted by molar-refractivity contribution is -0.117. The topological polar surface area (TPSA) is 62.3 Å². The van der Waals surface area contributed by atoms with Crippen LogP contribution in [-0.4, -0.2) is 22.8 Å². The van der Waals surface area contributed by atoms with Crippen LogP contribution in [0.15, 0.2) is 23.6 Å². The molecule has 0 bridgehead atoms. The summed E-state index contributed by atoms with van der Waals surface area (Å²) in [6.45, 7) is 5.47. The molecule has 3 rings (SSSR count).